The zero-order valence-corrected chi connectivity index (χ0v) is 12.2. The van der Waals surface area contributed by atoms with E-state index in [-0.39, 0.29) is 23.4 Å². The van der Waals surface area contributed by atoms with Gasteiger partial charge in [0.2, 0.25) is 11.8 Å². The molecule has 1 heterocycles. The van der Waals surface area contributed by atoms with Crippen LogP contribution in [0.2, 0.25) is 0 Å². The van der Waals surface area contributed by atoms with Crippen LogP contribution in [0.4, 0.5) is 0 Å². The minimum Gasteiger partial charge on any atom is -0.393 e. The number of hydrogen-bond donors (Lipinski definition) is 2. The van der Waals surface area contributed by atoms with Crippen molar-refractivity contribution in [1.29, 1.82) is 0 Å². The maximum atomic E-state index is 12.3. The third kappa shape index (κ3) is 4.14. The van der Waals surface area contributed by atoms with E-state index in [1.165, 1.54) is 4.90 Å². The van der Waals surface area contributed by atoms with Crippen LogP contribution >= 0.6 is 12.2 Å². The number of nitrogens with zero attached hydrogens (tertiary/aromatic N) is 1. The summed E-state index contributed by atoms with van der Waals surface area (Å²) in [7, 11) is 0. The molecular formula is C12H21N3O3S. The van der Waals surface area contributed by atoms with Crippen LogP contribution in [0.1, 0.15) is 20.3 Å². The summed E-state index contributed by atoms with van der Waals surface area (Å²) >= 11 is 4.84. The molecule has 7 heteroatoms. The van der Waals surface area contributed by atoms with Gasteiger partial charge in [0.05, 0.1) is 24.1 Å². The van der Waals surface area contributed by atoms with Crippen molar-refractivity contribution in [1.82, 2.24) is 10.2 Å². The van der Waals surface area contributed by atoms with E-state index in [9.17, 15) is 9.59 Å². The minimum absolute atomic E-state index is 0.143. The van der Waals surface area contributed by atoms with E-state index in [4.69, 9.17) is 22.7 Å². The first-order valence-corrected chi connectivity index (χ1v) is 6.85. The summed E-state index contributed by atoms with van der Waals surface area (Å²) in [4.78, 5) is 25.9. The van der Waals surface area contributed by atoms with Gasteiger partial charge >= 0.3 is 0 Å². The van der Waals surface area contributed by atoms with Gasteiger partial charge < -0.3 is 20.7 Å². The highest BCUT2D eigenvalue weighted by atomic mass is 32.1. The van der Waals surface area contributed by atoms with Gasteiger partial charge in [-0.1, -0.05) is 19.1 Å². The molecule has 0 bridgehead atoms. The summed E-state index contributed by atoms with van der Waals surface area (Å²) in [5, 5.41) is 2.78. The Labute approximate surface area is 118 Å². The normalized spacial score (nSPS) is 20.7. The first-order valence-electron chi connectivity index (χ1n) is 6.44. The molecule has 0 aromatic carbocycles. The fraction of sp³-hybridized carbons (Fsp3) is 0.750. The molecule has 2 unspecified atom stereocenters. The number of rotatable bonds is 5. The van der Waals surface area contributed by atoms with Crippen molar-refractivity contribution in [3.05, 3.63) is 0 Å². The van der Waals surface area contributed by atoms with Gasteiger partial charge in [0.1, 0.15) is 6.04 Å². The van der Waals surface area contributed by atoms with Gasteiger partial charge in [-0.25, -0.2) is 0 Å². The monoisotopic (exact) mass is 287 g/mol. The second-order valence-electron chi connectivity index (χ2n) is 4.54. The van der Waals surface area contributed by atoms with E-state index in [1.54, 1.807) is 6.92 Å². The largest absolute Gasteiger partial charge is 0.393 e. The second-order valence-corrected chi connectivity index (χ2v) is 5.01. The molecule has 3 N–H and O–H groups in total. The van der Waals surface area contributed by atoms with Gasteiger partial charge in [-0.15, -0.1) is 0 Å². The van der Waals surface area contributed by atoms with E-state index >= 15 is 0 Å². The second kappa shape index (κ2) is 7.40. The molecule has 0 saturated carbocycles. The molecule has 2 amide bonds. The van der Waals surface area contributed by atoms with Crippen LogP contribution in [0.3, 0.4) is 0 Å². The number of ether oxygens (including phenoxy) is 1. The molecule has 0 aliphatic carbocycles. The van der Waals surface area contributed by atoms with Gasteiger partial charge in [0.25, 0.3) is 0 Å². The van der Waals surface area contributed by atoms with Gasteiger partial charge in [-0.3, -0.25) is 9.59 Å². The Hall–Kier alpha value is -1.21. The van der Waals surface area contributed by atoms with Crippen LogP contribution in [-0.2, 0) is 14.3 Å². The number of hydrogen-bond acceptors (Lipinski definition) is 4. The molecule has 1 rings (SSSR count). The van der Waals surface area contributed by atoms with Crippen LogP contribution in [0.25, 0.3) is 0 Å². The average Bonchev–Trinajstić information content (AvgIpc) is 2.42. The number of carbonyl (C=O) groups is 2. The molecule has 1 saturated heterocycles. The molecular weight excluding hydrogens is 266 g/mol. The van der Waals surface area contributed by atoms with Crippen molar-refractivity contribution in [3.8, 4) is 0 Å². The van der Waals surface area contributed by atoms with E-state index in [0.29, 0.717) is 19.7 Å². The number of carbonyl (C=O) groups excluding carboxylic acids is 2. The molecule has 2 atom stereocenters. The predicted molar refractivity (Wildman–Crippen MR) is 75.6 cm³/mol. The van der Waals surface area contributed by atoms with Crippen LogP contribution in [0.5, 0.6) is 0 Å². The molecule has 1 aliphatic heterocycles. The Bertz CT molecular complexity index is 362. The van der Waals surface area contributed by atoms with Gasteiger partial charge in [-0.05, 0) is 13.3 Å². The summed E-state index contributed by atoms with van der Waals surface area (Å²) in [6.45, 7) is 5.23. The topological polar surface area (TPSA) is 84.7 Å². The standard InChI is InChI=1S/C12H21N3O3S/c1-3-4-14-11(16)9-7-18-6-5-15(9)12(17)8(2)10(13)19/h8-9H,3-7H2,1-2H3,(H2,13,19)(H,14,16). The molecule has 108 valence electrons. The Morgan fingerprint density at radius 3 is 2.84 bits per heavy atom. The summed E-state index contributed by atoms with van der Waals surface area (Å²) in [5.41, 5.74) is 5.50. The van der Waals surface area contributed by atoms with Crippen molar-refractivity contribution in [2.24, 2.45) is 11.7 Å². The highest BCUT2D eigenvalue weighted by molar-refractivity contribution is 7.80. The summed E-state index contributed by atoms with van der Waals surface area (Å²) < 4.78 is 5.29. The summed E-state index contributed by atoms with van der Waals surface area (Å²) in [6.07, 6.45) is 0.844. The first kappa shape index (κ1) is 15.8. The molecule has 6 nitrogen and oxygen atoms in total. The lowest BCUT2D eigenvalue weighted by Gasteiger charge is -2.36. The molecule has 0 aromatic rings. The summed E-state index contributed by atoms with van der Waals surface area (Å²) in [5.74, 6) is -0.966. The quantitative estimate of drug-likeness (QED) is 0.676. The maximum Gasteiger partial charge on any atom is 0.245 e. The maximum absolute atomic E-state index is 12.3. The molecule has 19 heavy (non-hydrogen) atoms. The highest BCUT2D eigenvalue weighted by Crippen LogP contribution is 2.12. The first-order chi connectivity index (χ1) is 8.99. The van der Waals surface area contributed by atoms with Crippen LogP contribution in [0.15, 0.2) is 0 Å². The Kier molecular flexibility index (Phi) is 6.17. The number of nitrogens with two attached hydrogens (primary N) is 1. The SMILES string of the molecule is CCCNC(=O)C1COCCN1C(=O)C(C)C(N)=S. The smallest absolute Gasteiger partial charge is 0.245 e. The molecule has 0 aromatic heterocycles. The third-order valence-electron chi connectivity index (χ3n) is 3.06. The lowest BCUT2D eigenvalue weighted by molar-refractivity contribution is -0.149. The van der Waals surface area contributed by atoms with Crippen molar-refractivity contribution >= 4 is 29.0 Å². The lowest BCUT2D eigenvalue weighted by Crippen LogP contribution is -2.57. The lowest BCUT2D eigenvalue weighted by atomic mass is 10.1. The van der Waals surface area contributed by atoms with Crippen LogP contribution in [0, 0.1) is 5.92 Å². The average molecular weight is 287 g/mol. The Morgan fingerprint density at radius 2 is 2.26 bits per heavy atom. The predicted octanol–water partition coefficient (Wildman–Crippen LogP) is -0.338. The molecule has 1 fully saturated rings. The molecule has 1 aliphatic rings. The van der Waals surface area contributed by atoms with Crippen molar-refractivity contribution in [2.45, 2.75) is 26.3 Å². The van der Waals surface area contributed by atoms with Gasteiger partial charge in [0.15, 0.2) is 0 Å². The number of thiocarbonyl (C=S) groups is 1. The minimum atomic E-state index is -0.593. The van der Waals surface area contributed by atoms with Crippen molar-refractivity contribution in [3.63, 3.8) is 0 Å². The van der Waals surface area contributed by atoms with Crippen molar-refractivity contribution < 1.29 is 14.3 Å². The number of morpholine rings is 1. The Morgan fingerprint density at radius 1 is 1.58 bits per heavy atom. The zero-order valence-electron chi connectivity index (χ0n) is 11.3. The van der Waals surface area contributed by atoms with Crippen molar-refractivity contribution in [2.75, 3.05) is 26.3 Å². The van der Waals surface area contributed by atoms with E-state index in [2.05, 4.69) is 5.32 Å². The van der Waals surface area contributed by atoms with Gasteiger partial charge in [0, 0.05) is 13.1 Å². The van der Waals surface area contributed by atoms with Crippen LogP contribution in [-0.4, -0.2) is 54.0 Å². The number of nitrogens with one attached hydrogen (secondary N) is 1. The van der Waals surface area contributed by atoms with Gasteiger partial charge in [-0.2, -0.15) is 0 Å². The van der Waals surface area contributed by atoms with E-state index in [0.717, 1.165) is 6.42 Å². The fourth-order valence-corrected chi connectivity index (χ4v) is 1.92. The van der Waals surface area contributed by atoms with E-state index < -0.39 is 12.0 Å². The Balaban J connectivity index is 2.74. The highest BCUT2D eigenvalue weighted by Gasteiger charge is 2.35. The molecule has 0 radical (unpaired) electrons. The fourth-order valence-electron chi connectivity index (χ4n) is 1.82. The molecule has 0 spiro atoms. The van der Waals surface area contributed by atoms with E-state index in [1.807, 2.05) is 6.92 Å². The third-order valence-corrected chi connectivity index (χ3v) is 3.41. The summed E-state index contributed by atoms with van der Waals surface area (Å²) in [6, 6.07) is -0.593. The number of amides is 2. The van der Waals surface area contributed by atoms with Crippen LogP contribution < -0.4 is 11.1 Å². The zero-order chi connectivity index (χ0) is 14.4.